The summed E-state index contributed by atoms with van der Waals surface area (Å²) in [5.74, 6) is -0.593. The van der Waals surface area contributed by atoms with Crippen LogP contribution in [0.4, 0.5) is 0 Å². The first-order valence-corrected chi connectivity index (χ1v) is 7.44. The van der Waals surface area contributed by atoms with Crippen molar-refractivity contribution in [1.82, 2.24) is 14.5 Å². The molecule has 0 saturated carbocycles. The van der Waals surface area contributed by atoms with E-state index in [0.717, 1.165) is 0 Å². The van der Waals surface area contributed by atoms with Gasteiger partial charge < -0.3 is 9.87 Å². The average molecular weight is 287 g/mol. The highest BCUT2D eigenvalue weighted by atomic mass is 32.2. The lowest BCUT2D eigenvalue weighted by Crippen LogP contribution is -2.40. The van der Waals surface area contributed by atoms with Crippen molar-refractivity contribution in [2.45, 2.75) is 19.9 Å². The fraction of sp³-hybridized carbons (Fsp3) is 0.833. The second kappa shape index (κ2) is 5.42. The molecule has 0 radical (unpaired) electrons. The van der Waals surface area contributed by atoms with Crippen molar-refractivity contribution in [3.8, 4) is 0 Å². The molecule has 1 aliphatic rings. The third-order valence-electron chi connectivity index (χ3n) is 2.13. The Balaban J connectivity index is 0.00000256. The number of hydrogen-bond donors (Lipinski definition) is 3. The smallest absolute Gasteiger partial charge is 0.317 e. The molecule has 4 N–H and O–H groups in total. The van der Waals surface area contributed by atoms with Crippen molar-refractivity contribution in [3.05, 3.63) is 0 Å². The Labute approximate surface area is 100 Å². The summed E-state index contributed by atoms with van der Waals surface area (Å²) in [6.45, 7) is 0.0284. The highest BCUT2D eigenvalue weighted by Crippen LogP contribution is 2.40. The fourth-order valence-corrected chi connectivity index (χ4v) is 3.96. The van der Waals surface area contributed by atoms with Crippen LogP contribution in [0.1, 0.15) is 13.8 Å². The van der Waals surface area contributed by atoms with Crippen LogP contribution in [0.25, 0.3) is 0 Å². The molecule has 1 saturated heterocycles. The number of likely N-dealkylation sites (N-methyl/N-ethyl adjacent to an activating group) is 1. The van der Waals surface area contributed by atoms with Gasteiger partial charge in [0, 0.05) is 6.54 Å². The predicted octanol–water partition coefficient (Wildman–Crippen LogP) is -1.44. The first-order chi connectivity index (χ1) is 7.17. The van der Waals surface area contributed by atoms with Crippen LogP contribution in [0.3, 0.4) is 0 Å². The number of nitrogens with zero attached hydrogens (tertiary/aromatic N) is 1. The molecule has 1 amide bonds. The van der Waals surface area contributed by atoms with Crippen molar-refractivity contribution in [2.75, 3.05) is 13.6 Å². The van der Waals surface area contributed by atoms with Gasteiger partial charge in [-0.15, -0.1) is 4.49 Å². The van der Waals surface area contributed by atoms with Gasteiger partial charge in [-0.3, -0.25) is 19.5 Å². The predicted molar refractivity (Wildman–Crippen MR) is 60.5 cm³/mol. The minimum Gasteiger partial charge on any atom is -0.735 e. The lowest BCUT2D eigenvalue weighted by molar-refractivity contribution is -0.125. The largest absolute Gasteiger partial charge is 0.735 e. The summed E-state index contributed by atoms with van der Waals surface area (Å²) >= 11 is 0. The van der Waals surface area contributed by atoms with Gasteiger partial charge in [-0.1, -0.05) is 7.43 Å². The van der Waals surface area contributed by atoms with Gasteiger partial charge in [-0.05, 0) is 13.5 Å². The van der Waals surface area contributed by atoms with E-state index < -0.39 is 29.8 Å². The van der Waals surface area contributed by atoms with Crippen LogP contribution in [0, 0.1) is 0 Å². The molecule has 102 valence electrons. The van der Waals surface area contributed by atoms with Gasteiger partial charge in [0.2, 0.25) is 5.91 Å². The van der Waals surface area contributed by atoms with Crippen LogP contribution in [0.5, 0.6) is 0 Å². The molecule has 0 spiro atoms. The van der Waals surface area contributed by atoms with Crippen molar-refractivity contribution >= 4 is 23.8 Å². The second-order valence-electron chi connectivity index (χ2n) is 3.26. The number of nitrogens with two attached hydrogens (primary N) is 1. The van der Waals surface area contributed by atoms with Crippen molar-refractivity contribution in [1.29, 1.82) is 0 Å². The van der Waals surface area contributed by atoms with Crippen LogP contribution < -0.4 is 15.3 Å². The van der Waals surface area contributed by atoms with E-state index in [4.69, 9.17) is 5.50 Å². The summed E-state index contributed by atoms with van der Waals surface area (Å²) < 4.78 is 44.8. The molecule has 1 fully saturated rings. The summed E-state index contributed by atoms with van der Waals surface area (Å²) in [6, 6.07) is -0.562. The van der Waals surface area contributed by atoms with Gasteiger partial charge in [0.05, 0.1) is 6.04 Å². The molecule has 1 rings (SSSR count). The number of carbonyl (C=O) groups excluding carboxylic acids is 1. The Kier molecular flexibility index (Phi) is 5.26. The molecule has 0 aromatic heterocycles. The van der Waals surface area contributed by atoms with E-state index in [0.29, 0.717) is 11.1 Å². The van der Waals surface area contributed by atoms with Gasteiger partial charge in [-0.2, -0.15) is 0 Å². The number of rotatable bonds is 4. The molecule has 0 aliphatic carbocycles. The van der Waals surface area contributed by atoms with Gasteiger partial charge in [-0.25, -0.2) is 8.42 Å². The SMILES string of the molecule is C.CNC1CCN(P(N)(=O)NS(=O)(=O)[O-])C1=O. The van der Waals surface area contributed by atoms with E-state index >= 15 is 0 Å². The number of amides is 1. The maximum absolute atomic E-state index is 11.7. The molecular weight excluding hydrogens is 271 g/mol. The topological polar surface area (TPSA) is 145 Å². The molecule has 1 heterocycles. The number of nitrogens with one attached hydrogen (secondary N) is 2. The summed E-state index contributed by atoms with van der Waals surface area (Å²) in [5, 5.41) is 2.66. The second-order valence-corrected chi connectivity index (χ2v) is 6.63. The van der Waals surface area contributed by atoms with Crippen molar-refractivity contribution in [3.63, 3.8) is 0 Å². The molecule has 11 heteroatoms. The molecule has 17 heavy (non-hydrogen) atoms. The third-order valence-corrected chi connectivity index (χ3v) is 5.19. The van der Waals surface area contributed by atoms with Crippen molar-refractivity contribution < 1.29 is 22.3 Å². The third kappa shape index (κ3) is 4.02. The molecule has 1 aliphatic heterocycles. The van der Waals surface area contributed by atoms with Crippen molar-refractivity contribution in [2.24, 2.45) is 5.50 Å². The zero-order valence-corrected chi connectivity index (χ0v) is 10.1. The lowest BCUT2D eigenvalue weighted by Gasteiger charge is -2.25. The van der Waals surface area contributed by atoms with Gasteiger partial charge in [0.1, 0.15) is 0 Å². The molecular formula is C6H16N4O5PS-. The minimum absolute atomic E-state index is 0. The van der Waals surface area contributed by atoms with Gasteiger partial charge in [0.15, 0.2) is 10.3 Å². The zero-order chi connectivity index (χ0) is 12.6. The van der Waals surface area contributed by atoms with E-state index in [2.05, 4.69) is 5.32 Å². The highest BCUT2D eigenvalue weighted by molar-refractivity contribution is 7.90. The zero-order valence-electron chi connectivity index (χ0n) is 8.41. The number of carbonyl (C=O) groups is 1. The van der Waals surface area contributed by atoms with Crippen LogP contribution in [-0.2, 0) is 19.7 Å². The van der Waals surface area contributed by atoms with Gasteiger partial charge in [0.25, 0.3) is 0 Å². The van der Waals surface area contributed by atoms with Crippen LogP contribution in [-0.4, -0.2) is 43.2 Å². The summed E-state index contributed by atoms with van der Waals surface area (Å²) in [5.41, 5.74) is 5.16. The Hall–Kier alpha value is -0.510. The van der Waals surface area contributed by atoms with Crippen LogP contribution in [0.15, 0.2) is 0 Å². The first-order valence-electron chi connectivity index (χ1n) is 4.30. The van der Waals surface area contributed by atoms with E-state index in [1.807, 2.05) is 0 Å². The molecule has 9 nitrogen and oxygen atoms in total. The number of hydrogen-bond acceptors (Lipinski definition) is 6. The molecule has 0 aromatic carbocycles. The fourth-order valence-electron chi connectivity index (χ4n) is 1.44. The Bertz CT molecular complexity index is 438. The Morgan fingerprint density at radius 2 is 2.12 bits per heavy atom. The maximum Gasteiger partial charge on any atom is 0.317 e. The van der Waals surface area contributed by atoms with E-state index in [1.165, 1.54) is 11.5 Å². The standard InChI is InChI=1S/C5H13N4O5PS.CH4/c1-7-4-2-3-9(5(4)10)15(6,11)8-16(12,13)14;/h4,7H,2-3H2,1H3,(H3,6,8,11)(H,12,13,14);1H4/p-1. The van der Waals surface area contributed by atoms with E-state index in [9.17, 15) is 22.3 Å². The minimum atomic E-state index is -4.97. The van der Waals surface area contributed by atoms with Crippen LogP contribution >= 0.6 is 7.59 Å². The lowest BCUT2D eigenvalue weighted by atomic mass is 10.3. The molecule has 2 unspecified atom stereocenters. The monoisotopic (exact) mass is 287 g/mol. The van der Waals surface area contributed by atoms with Crippen LogP contribution in [0.2, 0.25) is 0 Å². The summed E-state index contributed by atoms with van der Waals surface area (Å²) in [4.78, 5) is 11.5. The normalized spacial score (nSPS) is 24.3. The Morgan fingerprint density at radius 3 is 2.47 bits per heavy atom. The van der Waals surface area contributed by atoms with Gasteiger partial charge >= 0.3 is 7.59 Å². The first kappa shape index (κ1) is 16.5. The Morgan fingerprint density at radius 1 is 1.59 bits per heavy atom. The van der Waals surface area contributed by atoms with E-state index in [-0.39, 0.29) is 14.0 Å². The maximum atomic E-state index is 11.7. The molecule has 0 bridgehead atoms. The summed E-state index contributed by atoms with van der Waals surface area (Å²) in [7, 11) is -7.61. The van der Waals surface area contributed by atoms with E-state index in [1.54, 1.807) is 0 Å². The summed E-state index contributed by atoms with van der Waals surface area (Å²) in [6.07, 6.45) is 0.344. The quantitative estimate of drug-likeness (QED) is 0.424. The highest BCUT2D eigenvalue weighted by Gasteiger charge is 2.40. The molecule has 2 atom stereocenters. The average Bonchev–Trinajstić information content (AvgIpc) is 2.42. The molecule has 0 aromatic rings.